The van der Waals surface area contributed by atoms with Crippen molar-refractivity contribution < 1.29 is 29.0 Å². The summed E-state index contributed by atoms with van der Waals surface area (Å²) >= 11 is 2.29. The van der Waals surface area contributed by atoms with Crippen LogP contribution in [0.1, 0.15) is 0 Å². The second-order valence-corrected chi connectivity index (χ2v) is 3.85. The lowest BCUT2D eigenvalue weighted by Crippen LogP contribution is -3.00. The molecule has 0 aromatic heterocycles. The molecule has 2 aliphatic heterocycles. The van der Waals surface area contributed by atoms with E-state index in [1.165, 1.54) is 3.58 Å². The lowest BCUT2D eigenvalue weighted by atomic mass is 10.1. The van der Waals surface area contributed by atoms with Crippen molar-refractivity contribution in [2.45, 2.75) is 0 Å². The molecule has 72 valence electrons. The molecule has 0 aliphatic carbocycles. The van der Waals surface area contributed by atoms with E-state index < -0.39 is 0 Å². The fraction of sp³-hybridized carbons (Fsp3) is 0.111. The number of hydrogen-bond acceptors (Lipinski definition) is 2. The van der Waals surface area contributed by atoms with Crippen molar-refractivity contribution in [1.82, 2.24) is 0 Å². The van der Waals surface area contributed by atoms with Gasteiger partial charge in [0.15, 0.2) is 5.71 Å². The van der Waals surface area contributed by atoms with Gasteiger partial charge < -0.3 is 24.0 Å². The first-order valence-corrected chi connectivity index (χ1v) is 4.91. The average Bonchev–Trinajstić information content (AvgIpc) is 2.43. The van der Waals surface area contributed by atoms with Crippen LogP contribution in [-0.2, 0) is 0 Å². The molecule has 0 saturated carbocycles. The summed E-state index contributed by atoms with van der Waals surface area (Å²) in [4.78, 5) is 11.1. The van der Waals surface area contributed by atoms with Crippen molar-refractivity contribution in [2.75, 3.05) is 0 Å². The summed E-state index contributed by atoms with van der Waals surface area (Å²) in [6.45, 7) is 0. The molecule has 0 aromatic carbocycles. The van der Waals surface area contributed by atoms with Gasteiger partial charge in [0.2, 0.25) is 6.20 Å². The highest BCUT2D eigenvalue weighted by molar-refractivity contribution is 14.1. The fourth-order valence-corrected chi connectivity index (χ4v) is 1.79. The zero-order valence-electron chi connectivity index (χ0n) is 7.11. The third-order valence-electron chi connectivity index (χ3n) is 1.77. The summed E-state index contributed by atoms with van der Waals surface area (Å²) in [6, 6.07) is 0. The van der Waals surface area contributed by atoms with Gasteiger partial charge in [0, 0.05) is 28.3 Å². The lowest BCUT2D eigenvalue weighted by Gasteiger charge is -2.00. The number of hydrogen-bond donors (Lipinski definition) is 1. The van der Waals surface area contributed by atoms with E-state index in [0.717, 1.165) is 5.71 Å². The second kappa shape index (κ2) is 5.57. The van der Waals surface area contributed by atoms with Crippen LogP contribution in [0, 0.1) is 5.92 Å². The predicted molar refractivity (Wildman–Crippen MR) is 61.2 cm³/mol. The van der Waals surface area contributed by atoms with Gasteiger partial charge in [-0.1, -0.05) is 0 Å². The summed E-state index contributed by atoms with van der Waals surface area (Å²) < 4.78 is 1.21. The minimum atomic E-state index is 0. The van der Waals surface area contributed by atoms with Crippen LogP contribution in [0.3, 0.4) is 0 Å². The van der Waals surface area contributed by atoms with Crippen LogP contribution in [0.15, 0.2) is 38.2 Å². The maximum atomic E-state index is 4.10. The molecular formula is C9H7I2N3. The standard InChI is InChI=1S/C9H6IN3.HI/c10-8-6-12-5-7(8)9-1-2-11-3-4-13-9;/h1-2,4-7H;1H. The van der Waals surface area contributed by atoms with E-state index in [4.69, 9.17) is 0 Å². The van der Waals surface area contributed by atoms with Crippen molar-refractivity contribution >= 4 is 40.4 Å². The monoisotopic (exact) mass is 411 g/mol. The van der Waals surface area contributed by atoms with Crippen LogP contribution in [0.25, 0.3) is 0 Å². The molecule has 2 rings (SSSR count). The van der Waals surface area contributed by atoms with E-state index in [-0.39, 0.29) is 29.9 Å². The molecule has 1 N–H and O–H groups in total. The predicted octanol–water partition coefficient (Wildman–Crippen LogP) is -2.80. The van der Waals surface area contributed by atoms with Gasteiger partial charge in [0.05, 0.1) is 5.87 Å². The molecule has 2 heterocycles. The summed E-state index contributed by atoms with van der Waals surface area (Å²) in [5.74, 6) is 2.98. The molecule has 3 nitrogen and oxygen atoms in total. The molecular weight excluding hydrogens is 404 g/mol. The Morgan fingerprint density at radius 2 is 2.36 bits per heavy atom. The zero-order chi connectivity index (χ0) is 9.10. The van der Waals surface area contributed by atoms with Crippen LogP contribution in [-0.4, -0.2) is 17.8 Å². The molecule has 0 spiro atoms. The summed E-state index contributed by atoms with van der Waals surface area (Å²) in [7, 11) is 0. The van der Waals surface area contributed by atoms with Gasteiger partial charge in [-0.05, 0) is 22.6 Å². The number of aliphatic imine (C=N–C) groups is 2. The Hall–Kier alpha value is -0.270. The number of allylic oxidation sites excluding steroid dienone is 2. The number of rotatable bonds is 1. The lowest BCUT2D eigenvalue weighted by molar-refractivity contribution is -0.370. The zero-order valence-corrected chi connectivity index (χ0v) is 11.4. The molecule has 5 heteroatoms. The quantitative estimate of drug-likeness (QED) is 0.454. The number of halogens is 2. The highest BCUT2D eigenvalue weighted by Crippen LogP contribution is 2.22. The molecule has 0 radical (unpaired) electrons. The first-order chi connectivity index (χ1) is 6.38. The molecule has 14 heavy (non-hydrogen) atoms. The molecule has 0 saturated heterocycles. The summed E-state index contributed by atoms with van der Waals surface area (Å²) in [6.07, 6.45) is 9.13. The van der Waals surface area contributed by atoms with Crippen LogP contribution in [0.2, 0.25) is 0 Å². The highest BCUT2D eigenvalue weighted by atomic mass is 127. The maximum Gasteiger partial charge on any atom is 0.229 e. The van der Waals surface area contributed by atoms with Crippen LogP contribution < -0.4 is 29.0 Å². The Kier molecular flexibility index (Phi) is 4.70. The van der Waals surface area contributed by atoms with Crippen LogP contribution in [0.5, 0.6) is 0 Å². The number of nitrogens with zero attached hydrogens (tertiary/aromatic N) is 2. The average molecular weight is 411 g/mol. The summed E-state index contributed by atoms with van der Waals surface area (Å²) in [5, 5.41) is 0. The smallest absolute Gasteiger partial charge is 0.229 e. The SMILES string of the molecule is IC1=CN=CC1C1=[NH+]C=C=NC=C1.[I-]. The minimum absolute atomic E-state index is 0. The number of nitrogens with one attached hydrogen (secondary N) is 1. The van der Waals surface area contributed by atoms with Gasteiger partial charge in [-0.25, -0.2) is 9.98 Å². The maximum absolute atomic E-state index is 4.10. The van der Waals surface area contributed by atoms with E-state index >= 15 is 0 Å². The Labute approximate surface area is 113 Å². The van der Waals surface area contributed by atoms with Gasteiger partial charge in [-0.2, -0.15) is 0 Å². The first kappa shape index (κ1) is 11.8. The first-order valence-electron chi connectivity index (χ1n) is 3.84. The van der Waals surface area contributed by atoms with Crippen LogP contribution in [0.4, 0.5) is 0 Å². The normalized spacial score (nSPS) is 22.8. The van der Waals surface area contributed by atoms with Crippen molar-refractivity contribution in [3.8, 4) is 0 Å². The van der Waals surface area contributed by atoms with Gasteiger partial charge in [0.25, 0.3) is 0 Å². The fourth-order valence-electron chi connectivity index (χ4n) is 1.14. The highest BCUT2D eigenvalue weighted by Gasteiger charge is 2.22. The summed E-state index contributed by atoms with van der Waals surface area (Å²) in [5.41, 5.74) is 1.08. The second-order valence-electron chi connectivity index (χ2n) is 2.61. The van der Waals surface area contributed by atoms with Gasteiger partial charge in [-0.15, -0.1) is 0 Å². The van der Waals surface area contributed by atoms with Gasteiger partial charge in [0.1, 0.15) is 5.92 Å². The Morgan fingerprint density at radius 1 is 1.50 bits per heavy atom. The van der Waals surface area contributed by atoms with E-state index in [1.54, 1.807) is 12.4 Å². The van der Waals surface area contributed by atoms with Crippen molar-refractivity contribution in [1.29, 1.82) is 0 Å². The largest absolute Gasteiger partial charge is 1.00 e. The third-order valence-corrected chi connectivity index (χ3v) is 2.72. The van der Waals surface area contributed by atoms with E-state index in [9.17, 15) is 0 Å². The van der Waals surface area contributed by atoms with Crippen molar-refractivity contribution in [3.63, 3.8) is 0 Å². The molecule has 0 fully saturated rings. The van der Waals surface area contributed by atoms with E-state index in [1.807, 2.05) is 18.5 Å². The molecule has 0 aromatic rings. The topological polar surface area (TPSA) is 38.7 Å². The van der Waals surface area contributed by atoms with E-state index in [2.05, 4.69) is 43.4 Å². The minimum Gasteiger partial charge on any atom is -1.00 e. The Bertz CT molecular complexity index is 398. The Morgan fingerprint density at radius 3 is 3.07 bits per heavy atom. The van der Waals surface area contributed by atoms with Crippen molar-refractivity contribution in [3.05, 3.63) is 28.3 Å². The van der Waals surface area contributed by atoms with Crippen molar-refractivity contribution in [2.24, 2.45) is 15.9 Å². The molecule has 1 atom stereocenters. The molecule has 2 aliphatic rings. The molecule has 0 bridgehead atoms. The van der Waals surface area contributed by atoms with Crippen LogP contribution >= 0.6 is 22.6 Å². The van der Waals surface area contributed by atoms with Gasteiger partial charge in [-0.3, -0.25) is 4.99 Å². The van der Waals surface area contributed by atoms with E-state index in [0.29, 0.717) is 0 Å². The Balaban J connectivity index is 0.000000980. The third kappa shape index (κ3) is 2.61. The van der Waals surface area contributed by atoms with Gasteiger partial charge >= 0.3 is 0 Å². The molecule has 1 unspecified atom stereocenters. The molecule has 0 amide bonds.